The smallest absolute Gasteiger partial charge is 0.338 e. The molecule has 3 aromatic carbocycles. The molecule has 0 spiro atoms. The summed E-state index contributed by atoms with van der Waals surface area (Å²) < 4.78 is 10.9. The highest BCUT2D eigenvalue weighted by Crippen LogP contribution is 2.33. The Balaban J connectivity index is 2.02. The van der Waals surface area contributed by atoms with E-state index in [1.807, 2.05) is 6.07 Å². The Kier molecular flexibility index (Phi) is 7.41. The Hall–Kier alpha value is -3.48. The number of hydrogen-bond acceptors (Lipinski definition) is 6. The number of aliphatic hydroxyl groups is 1. The standard InChI is InChI=1S/C26H27NO5/c1-3-26(30,20-14-8-5-9-15-20)24(22(27)23(28)18-11-6-4-7-12-18)32-25(29)19-13-10-16-21(17-19)31-2/h4-17,22,24,30H,3,27H2,1-2H3. The van der Waals surface area contributed by atoms with Crippen LogP contribution in [0.4, 0.5) is 0 Å². The molecule has 0 aliphatic heterocycles. The zero-order valence-corrected chi connectivity index (χ0v) is 18.1. The normalized spacial score (nSPS) is 14.6. The molecule has 6 heteroatoms. The molecule has 3 aromatic rings. The molecule has 0 saturated carbocycles. The number of ketones is 1. The fraction of sp³-hybridized carbons (Fsp3) is 0.231. The molecule has 0 radical (unpaired) electrons. The van der Waals surface area contributed by atoms with Crippen LogP contribution >= 0.6 is 0 Å². The van der Waals surface area contributed by atoms with Crippen LogP contribution < -0.4 is 10.5 Å². The van der Waals surface area contributed by atoms with Crippen LogP contribution in [0.5, 0.6) is 5.75 Å². The van der Waals surface area contributed by atoms with Gasteiger partial charge in [-0.1, -0.05) is 73.7 Å². The lowest BCUT2D eigenvalue weighted by Crippen LogP contribution is -2.55. The zero-order valence-electron chi connectivity index (χ0n) is 18.1. The highest BCUT2D eigenvalue weighted by atomic mass is 16.6. The van der Waals surface area contributed by atoms with Crippen molar-refractivity contribution in [3.05, 3.63) is 102 Å². The van der Waals surface area contributed by atoms with E-state index in [4.69, 9.17) is 15.2 Å². The van der Waals surface area contributed by atoms with Crippen molar-refractivity contribution in [3.63, 3.8) is 0 Å². The first-order chi connectivity index (χ1) is 15.4. The van der Waals surface area contributed by atoms with Crippen LogP contribution in [0, 0.1) is 0 Å². The Labute approximate surface area is 187 Å². The first-order valence-electron chi connectivity index (χ1n) is 10.4. The molecule has 0 heterocycles. The Morgan fingerprint density at radius 1 is 0.938 bits per heavy atom. The van der Waals surface area contributed by atoms with Gasteiger partial charge in [-0.2, -0.15) is 0 Å². The van der Waals surface area contributed by atoms with Gasteiger partial charge in [-0.25, -0.2) is 4.79 Å². The van der Waals surface area contributed by atoms with Crippen molar-refractivity contribution >= 4 is 11.8 Å². The Bertz CT molecular complexity index is 1050. The summed E-state index contributed by atoms with van der Waals surface area (Å²) in [5.41, 5.74) is 5.78. The van der Waals surface area contributed by atoms with E-state index < -0.39 is 29.5 Å². The molecule has 3 N–H and O–H groups in total. The fourth-order valence-electron chi connectivity index (χ4n) is 3.63. The first kappa shape index (κ1) is 23.2. The lowest BCUT2D eigenvalue weighted by atomic mass is 9.80. The van der Waals surface area contributed by atoms with Gasteiger partial charge < -0.3 is 20.3 Å². The SMILES string of the molecule is CCC(O)(c1ccccc1)C(OC(=O)c1cccc(OC)c1)C(N)C(=O)c1ccccc1. The highest BCUT2D eigenvalue weighted by molar-refractivity contribution is 6.01. The molecule has 0 aliphatic carbocycles. The third kappa shape index (κ3) is 4.88. The number of rotatable bonds is 9. The number of Topliss-reactive ketones (excluding diaryl/α,β-unsaturated/α-hetero) is 1. The lowest BCUT2D eigenvalue weighted by molar-refractivity contribution is -0.0979. The number of hydrogen-bond donors (Lipinski definition) is 2. The van der Waals surface area contributed by atoms with E-state index in [2.05, 4.69) is 0 Å². The summed E-state index contributed by atoms with van der Waals surface area (Å²) in [7, 11) is 1.49. The maximum absolute atomic E-state index is 13.2. The average molecular weight is 434 g/mol. The summed E-state index contributed by atoms with van der Waals surface area (Å²) in [6, 6.07) is 22.4. The second kappa shape index (κ2) is 10.2. The summed E-state index contributed by atoms with van der Waals surface area (Å²) in [4.78, 5) is 26.2. The molecule has 3 rings (SSSR count). The third-order valence-electron chi connectivity index (χ3n) is 5.51. The molecule has 0 aromatic heterocycles. The van der Waals surface area contributed by atoms with Gasteiger partial charge in [0.05, 0.1) is 12.7 Å². The largest absolute Gasteiger partial charge is 0.497 e. The number of methoxy groups -OCH3 is 1. The highest BCUT2D eigenvalue weighted by Gasteiger charge is 2.46. The van der Waals surface area contributed by atoms with Crippen LogP contribution in [-0.2, 0) is 10.3 Å². The Morgan fingerprint density at radius 3 is 2.12 bits per heavy atom. The van der Waals surface area contributed by atoms with Gasteiger partial charge in [-0.3, -0.25) is 4.79 Å². The van der Waals surface area contributed by atoms with Gasteiger partial charge in [-0.15, -0.1) is 0 Å². The number of carbonyl (C=O) groups is 2. The summed E-state index contributed by atoms with van der Waals surface area (Å²) in [6.45, 7) is 1.75. The van der Waals surface area contributed by atoms with Crippen LogP contribution in [0.15, 0.2) is 84.9 Å². The second-order valence-corrected chi connectivity index (χ2v) is 7.46. The van der Waals surface area contributed by atoms with Crippen molar-refractivity contribution in [3.8, 4) is 5.75 Å². The molecule has 3 atom stereocenters. The van der Waals surface area contributed by atoms with Crippen LogP contribution in [0.2, 0.25) is 0 Å². The summed E-state index contributed by atoms with van der Waals surface area (Å²) in [5.74, 6) is -0.667. The minimum absolute atomic E-state index is 0.169. The molecular formula is C26H27NO5. The number of benzene rings is 3. The Morgan fingerprint density at radius 2 is 1.53 bits per heavy atom. The van der Waals surface area contributed by atoms with Gasteiger partial charge >= 0.3 is 5.97 Å². The van der Waals surface area contributed by atoms with E-state index in [0.717, 1.165) is 0 Å². The molecule has 0 fully saturated rings. The van der Waals surface area contributed by atoms with Gasteiger partial charge in [0.15, 0.2) is 11.9 Å². The number of ether oxygens (including phenoxy) is 2. The van der Waals surface area contributed by atoms with Crippen LogP contribution in [-0.4, -0.2) is 36.1 Å². The fourth-order valence-corrected chi connectivity index (χ4v) is 3.63. The molecule has 0 amide bonds. The average Bonchev–Trinajstić information content (AvgIpc) is 2.86. The molecule has 0 bridgehead atoms. The predicted octanol–water partition coefficient (Wildman–Crippen LogP) is 3.73. The second-order valence-electron chi connectivity index (χ2n) is 7.46. The van der Waals surface area contributed by atoms with Crippen LogP contribution in [0.25, 0.3) is 0 Å². The minimum atomic E-state index is -1.68. The maximum atomic E-state index is 13.2. The van der Waals surface area contributed by atoms with Crippen molar-refractivity contribution in [1.82, 2.24) is 0 Å². The number of nitrogens with two attached hydrogens (primary N) is 1. The van der Waals surface area contributed by atoms with E-state index >= 15 is 0 Å². The van der Waals surface area contributed by atoms with Crippen molar-refractivity contribution in [1.29, 1.82) is 0 Å². The van der Waals surface area contributed by atoms with Crippen molar-refractivity contribution in [2.24, 2.45) is 5.73 Å². The number of carbonyl (C=O) groups excluding carboxylic acids is 2. The molecule has 6 nitrogen and oxygen atoms in total. The van der Waals surface area contributed by atoms with E-state index in [1.165, 1.54) is 13.2 Å². The molecule has 0 aliphatic rings. The van der Waals surface area contributed by atoms with E-state index in [-0.39, 0.29) is 12.0 Å². The molecular weight excluding hydrogens is 406 g/mol. The van der Waals surface area contributed by atoms with Crippen LogP contribution in [0.1, 0.15) is 39.6 Å². The van der Waals surface area contributed by atoms with Gasteiger partial charge in [0.1, 0.15) is 17.4 Å². The molecule has 32 heavy (non-hydrogen) atoms. The van der Waals surface area contributed by atoms with Crippen molar-refractivity contribution in [2.75, 3.05) is 7.11 Å². The van der Waals surface area contributed by atoms with Crippen molar-refractivity contribution < 1.29 is 24.2 Å². The third-order valence-corrected chi connectivity index (χ3v) is 5.51. The van der Waals surface area contributed by atoms with Crippen LogP contribution in [0.3, 0.4) is 0 Å². The maximum Gasteiger partial charge on any atom is 0.338 e. The van der Waals surface area contributed by atoms with E-state index in [1.54, 1.807) is 79.7 Å². The van der Waals surface area contributed by atoms with Gasteiger partial charge in [0.2, 0.25) is 0 Å². The van der Waals surface area contributed by atoms with E-state index in [0.29, 0.717) is 16.9 Å². The monoisotopic (exact) mass is 433 g/mol. The molecule has 3 unspecified atom stereocenters. The number of esters is 1. The molecule has 166 valence electrons. The van der Waals surface area contributed by atoms with Gasteiger partial charge in [0.25, 0.3) is 0 Å². The topological polar surface area (TPSA) is 98.8 Å². The quantitative estimate of drug-likeness (QED) is 0.394. The molecule has 0 saturated heterocycles. The lowest BCUT2D eigenvalue weighted by Gasteiger charge is -2.38. The first-order valence-corrected chi connectivity index (χ1v) is 10.4. The summed E-state index contributed by atoms with van der Waals surface area (Å²) >= 11 is 0. The van der Waals surface area contributed by atoms with Gasteiger partial charge in [-0.05, 0) is 30.2 Å². The zero-order chi connectivity index (χ0) is 23.1. The summed E-state index contributed by atoms with van der Waals surface area (Å²) in [6.07, 6.45) is -1.16. The summed E-state index contributed by atoms with van der Waals surface area (Å²) in [5, 5.41) is 11.7. The van der Waals surface area contributed by atoms with Gasteiger partial charge in [0, 0.05) is 5.56 Å². The predicted molar refractivity (Wildman–Crippen MR) is 122 cm³/mol. The van der Waals surface area contributed by atoms with E-state index in [9.17, 15) is 14.7 Å². The minimum Gasteiger partial charge on any atom is -0.497 e. The van der Waals surface area contributed by atoms with Crippen molar-refractivity contribution in [2.45, 2.75) is 31.1 Å².